The summed E-state index contributed by atoms with van der Waals surface area (Å²) in [5.41, 5.74) is 1.48. The van der Waals surface area contributed by atoms with Crippen LogP contribution in [0.2, 0.25) is 0 Å². The van der Waals surface area contributed by atoms with Gasteiger partial charge in [0, 0.05) is 24.9 Å². The first-order valence-corrected chi connectivity index (χ1v) is 9.98. The number of nitrogens with zero attached hydrogens (tertiary/aromatic N) is 1. The van der Waals surface area contributed by atoms with E-state index in [9.17, 15) is 0 Å². The molecule has 0 aliphatic heterocycles. The maximum Gasteiger partial charge on any atom is 0.191 e. The van der Waals surface area contributed by atoms with Crippen LogP contribution in [-0.2, 0) is 0 Å². The second kappa shape index (κ2) is 9.90. The van der Waals surface area contributed by atoms with Gasteiger partial charge in [-0.1, -0.05) is 37.3 Å². The van der Waals surface area contributed by atoms with Crippen LogP contribution in [0.5, 0.6) is 0 Å². The SMILES string of the molecule is CCSC1CCC(NC(=NC)NCC2CC2c2ccccc2)C1.I. The smallest absolute Gasteiger partial charge is 0.191 e. The van der Waals surface area contributed by atoms with Gasteiger partial charge in [-0.25, -0.2) is 0 Å². The van der Waals surface area contributed by atoms with Gasteiger partial charge in [-0.3, -0.25) is 4.99 Å². The molecule has 4 unspecified atom stereocenters. The van der Waals surface area contributed by atoms with E-state index < -0.39 is 0 Å². The molecular weight excluding hydrogens is 429 g/mol. The van der Waals surface area contributed by atoms with E-state index in [0.717, 1.165) is 29.6 Å². The van der Waals surface area contributed by atoms with Crippen LogP contribution >= 0.6 is 35.7 Å². The monoisotopic (exact) mass is 459 g/mol. The van der Waals surface area contributed by atoms with Crippen molar-refractivity contribution in [2.45, 2.75) is 49.8 Å². The van der Waals surface area contributed by atoms with Crippen LogP contribution in [0.1, 0.15) is 44.1 Å². The lowest BCUT2D eigenvalue weighted by Gasteiger charge is -2.17. The standard InChI is InChI=1S/C19H29N3S.HI/c1-3-23-17-10-9-16(12-17)22-19(20-2)21-13-15-11-18(15)14-7-5-4-6-8-14;/h4-8,15-18H,3,9-13H2,1-2H3,(H2,20,21,22);1H. The molecule has 0 radical (unpaired) electrons. The van der Waals surface area contributed by atoms with E-state index in [1.165, 1.54) is 37.0 Å². The lowest BCUT2D eigenvalue weighted by molar-refractivity contribution is 0.608. The highest BCUT2D eigenvalue weighted by Crippen LogP contribution is 2.46. The predicted molar refractivity (Wildman–Crippen MR) is 117 cm³/mol. The molecule has 1 aromatic rings. The molecular formula is C19H30IN3S. The molecule has 2 aliphatic carbocycles. The summed E-state index contributed by atoms with van der Waals surface area (Å²) in [7, 11) is 1.88. The molecule has 0 bridgehead atoms. The summed E-state index contributed by atoms with van der Waals surface area (Å²) in [5, 5.41) is 7.99. The Morgan fingerprint density at radius 1 is 1.21 bits per heavy atom. The Labute approximate surface area is 167 Å². The third kappa shape index (κ3) is 5.55. The van der Waals surface area contributed by atoms with E-state index in [1.807, 2.05) is 7.05 Å². The van der Waals surface area contributed by atoms with Gasteiger partial charge in [-0.15, -0.1) is 24.0 Å². The summed E-state index contributed by atoms with van der Waals surface area (Å²) in [5.74, 6) is 3.70. The zero-order chi connectivity index (χ0) is 16.1. The summed E-state index contributed by atoms with van der Waals surface area (Å²) in [6.07, 6.45) is 5.18. The topological polar surface area (TPSA) is 36.4 Å². The largest absolute Gasteiger partial charge is 0.356 e. The minimum atomic E-state index is 0. The summed E-state index contributed by atoms with van der Waals surface area (Å²) in [6.45, 7) is 3.28. The van der Waals surface area contributed by atoms with Gasteiger partial charge < -0.3 is 10.6 Å². The Morgan fingerprint density at radius 2 is 2.00 bits per heavy atom. The number of thioether (sulfide) groups is 1. The molecule has 3 rings (SSSR count). The second-order valence-electron chi connectivity index (χ2n) is 6.70. The molecule has 24 heavy (non-hydrogen) atoms. The van der Waals surface area contributed by atoms with Crippen molar-refractivity contribution in [3.63, 3.8) is 0 Å². The molecule has 0 aromatic heterocycles. The number of halogens is 1. The fraction of sp³-hybridized carbons (Fsp3) is 0.632. The third-order valence-electron chi connectivity index (χ3n) is 5.03. The van der Waals surface area contributed by atoms with E-state index in [0.29, 0.717) is 6.04 Å². The highest BCUT2D eigenvalue weighted by Gasteiger charge is 2.38. The fourth-order valence-corrected chi connectivity index (χ4v) is 4.80. The zero-order valence-corrected chi connectivity index (χ0v) is 17.8. The Kier molecular flexibility index (Phi) is 8.20. The summed E-state index contributed by atoms with van der Waals surface area (Å²) >= 11 is 2.10. The number of hydrogen-bond acceptors (Lipinski definition) is 2. The van der Waals surface area contributed by atoms with Crippen molar-refractivity contribution < 1.29 is 0 Å². The van der Waals surface area contributed by atoms with Gasteiger partial charge in [0.2, 0.25) is 0 Å². The van der Waals surface area contributed by atoms with Gasteiger partial charge in [0.05, 0.1) is 0 Å². The van der Waals surface area contributed by atoms with Gasteiger partial charge in [-0.05, 0) is 48.8 Å². The average molecular weight is 459 g/mol. The van der Waals surface area contributed by atoms with Crippen molar-refractivity contribution in [3.8, 4) is 0 Å². The van der Waals surface area contributed by atoms with E-state index in [-0.39, 0.29) is 24.0 Å². The number of hydrogen-bond donors (Lipinski definition) is 2. The van der Waals surface area contributed by atoms with Gasteiger partial charge in [-0.2, -0.15) is 11.8 Å². The van der Waals surface area contributed by atoms with Crippen LogP contribution in [0.15, 0.2) is 35.3 Å². The number of aliphatic imine (C=N–C) groups is 1. The lowest BCUT2D eigenvalue weighted by Crippen LogP contribution is -2.43. The van der Waals surface area contributed by atoms with Crippen molar-refractivity contribution in [1.82, 2.24) is 10.6 Å². The summed E-state index contributed by atoms with van der Waals surface area (Å²) in [4.78, 5) is 4.41. The molecule has 2 N–H and O–H groups in total. The molecule has 0 saturated heterocycles. The normalized spacial score (nSPS) is 29.0. The lowest BCUT2D eigenvalue weighted by atomic mass is 10.1. The van der Waals surface area contributed by atoms with E-state index >= 15 is 0 Å². The zero-order valence-electron chi connectivity index (χ0n) is 14.7. The van der Waals surface area contributed by atoms with Gasteiger partial charge >= 0.3 is 0 Å². The molecule has 1 aromatic carbocycles. The highest BCUT2D eigenvalue weighted by molar-refractivity contribution is 14.0. The van der Waals surface area contributed by atoms with E-state index in [1.54, 1.807) is 0 Å². The van der Waals surface area contributed by atoms with Crippen LogP contribution in [0, 0.1) is 5.92 Å². The van der Waals surface area contributed by atoms with Gasteiger partial charge in [0.1, 0.15) is 0 Å². The van der Waals surface area contributed by atoms with Crippen molar-refractivity contribution in [2.75, 3.05) is 19.3 Å². The van der Waals surface area contributed by atoms with Crippen molar-refractivity contribution >= 4 is 41.7 Å². The minimum absolute atomic E-state index is 0. The van der Waals surface area contributed by atoms with E-state index in [4.69, 9.17) is 0 Å². The summed E-state index contributed by atoms with van der Waals surface area (Å²) < 4.78 is 0. The number of rotatable bonds is 6. The van der Waals surface area contributed by atoms with Crippen LogP contribution in [0.4, 0.5) is 0 Å². The Hall–Kier alpha value is -0.430. The molecule has 0 amide bonds. The first-order valence-electron chi connectivity index (χ1n) is 8.93. The maximum absolute atomic E-state index is 4.41. The quantitative estimate of drug-likeness (QED) is 0.380. The molecule has 134 valence electrons. The maximum atomic E-state index is 4.41. The molecule has 5 heteroatoms. The minimum Gasteiger partial charge on any atom is -0.356 e. The van der Waals surface area contributed by atoms with Crippen molar-refractivity contribution in [1.29, 1.82) is 0 Å². The van der Waals surface area contributed by atoms with Crippen LogP contribution in [0.3, 0.4) is 0 Å². The first kappa shape index (κ1) is 19.9. The van der Waals surface area contributed by atoms with Gasteiger partial charge in [0.25, 0.3) is 0 Å². The molecule has 4 atom stereocenters. The fourth-order valence-electron chi connectivity index (χ4n) is 3.66. The Morgan fingerprint density at radius 3 is 2.71 bits per heavy atom. The molecule has 2 aliphatic rings. The Balaban J connectivity index is 0.00000208. The second-order valence-corrected chi connectivity index (χ2v) is 8.28. The number of nitrogens with one attached hydrogen (secondary N) is 2. The van der Waals surface area contributed by atoms with Crippen LogP contribution < -0.4 is 10.6 Å². The van der Waals surface area contributed by atoms with Crippen LogP contribution in [0.25, 0.3) is 0 Å². The molecule has 0 heterocycles. The molecule has 2 saturated carbocycles. The number of guanidine groups is 1. The highest BCUT2D eigenvalue weighted by atomic mass is 127. The van der Waals surface area contributed by atoms with Crippen molar-refractivity contribution in [2.24, 2.45) is 10.9 Å². The van der Waals surface area contributed by atoms with E-state index in [2.05, 4.69) is 64.6 Å². The Bertz CT molecular complexity index is 523. The molecule has 2 fully saturated rings. The predicted octanol–water partition coefficient (Wildman–Crippen LogP) is 4.25. The van der Waals surface area contributed by atoms with Crippen LogP contribution in [-0.4, -0.2) is 36.6 Å². The van der Waals surface area contributed by atoms with Gasteiger partial charge in [0.15, 0.2) is 5.96 Å². The molecule has 0 spiro atoms. The van der Waals surface area contributed by atoms with Crippen molar-refractivity contribution in [3.05, 3.63) is 35.9 Å². The molecule has 3 nitrogen and oxygen atoms in total. The average Bonchev–Trinajstić information content (AvgIpc) is 3.24. The first-order chi connectivity index (χ1) is 11.3. The third-order valence-corrected chi connectivity index (χ3v) is 6.27. The number of benzene rings is 1. The summed E-state index contributed by atoms with van der Waals surface area (Å²) in [6, 6.07) is 11.5.